The van der Waals surface area contributed by atoms with Gasteiger partial charge in [0.25, 0.3) is 0 Å². The number of amides is 1. The van der Waals surface area contributed by atoms with Crippen molar-refractivity contribution in [1.29, 1.82) is 0 Å². The summed E-state index contributed by atoms with van der Waals surface area (Å²) in [6.07, 6.45) is 0. The van der Waals surface area contributed by atoms with Crippen LogP contribution >= 0.6 is 11.8 Å². The molecular formula is C18H17F2NO3S. The van der Waals surface area contributed by atoms with E-state index in [4.69, 9.17) is 9.47 Å². The van der Waals surface area contributed by atoms with Crippen molar-refractivity contribution in [2.45, 2.75) is 11.9 Å². The van der Waals surface area contributed by atoms with Crippen LogP contribution in [0.25, 0.3) is 0 Å². The Bertz CT molecular complexity index is 780. The molecule has 0 saturated carbocycles. The van der Waals surface area contributed by atoms with Crippen molar-refractivity contribution in [3.05, 3.63) is 59.2 Å². The standard InChI is InChI=1S/C18H17F2NO3S/c1-23-15-8-3-5-11(17(15)24-2)18-21(16(22)10-25-18)9-12-13(19)6-4-7-14(12)20/h3-8,18H,9-10H2,1-2H3. The fourth-order valence-electron chi connectivity index (χ4n) is 2.84. The Morgan fingerprint density at radius 3 is 2.44 bits per heavy atom. The van der Waals surface area contributed by atoms with Crippen LogP contribution in [0.1, 0.15) is 16.5 Å². The van der Waals surface area contributed by atoms with E-state index >= 15 is 0 Å². The van der Waals surface area contributed by atoms with Crippen molar-refractivity contribution in [2.24, 2.45) is 0 Å². The van der Waals surface area contributed by atoms with E-state index in [1.54, 1.807) is 12.1 Å². The maximum Gasteiger partial charge on any atom is 0.234 e. The van der Waals surface area contributed by atoms with E-state index in [-0.39, 0.29) is 23.8 Å². The molecule has 0 bridgehead atoms. The van der Waals surface area contributed by atoms with Crippen LogP contribution in [0.2, 0.25) is 0 Å². The Labute approximate surface area is 148 Å². The molecule has 0 N–H and O–H groups in total. The van der Waals surface area contributed by atoms with Gasteiger partial charge in [-0.05, 0) is 18.2 Å². The first-order chi connectivity index (χ1) is 12.1. The van der Waals surface area contributed by atoms with Crippen LogP contribution in [0.5, 0.6) is 11.5 Å². The van der Waals surface area contributed by atoms with Crippen LogP contribution in [0.15, 0.2) is 36.4 Å². The number of hydrogen-bond donors (Lipinski definition) is 0. The third-order valence-electron chi connectivity index (χ3n) is 4.06. The maximum atomic E-state index is 14.0. The van der Waals surface area contributed by atoms with Crippen molar-refractivity contribution in [3.63, 3.8) is 0 Å². The molecule has 0 spiro atoms. The summed E-state index contributed by atoms with van der Waals surface area (Å²) < 4.78 is 38.7. The van der Waals surface area contributed by atoms with Gasteiger partial charge in [-0.15, -0.1) is 11.8 Å². The first-order valence-corrected chi connectivity index (χ1v) is 8.66. The van der Waals surface area contributed by atoms with Gasteiger partial charge in [0, 0.05) is 11.1 Å². The van der Waals surface area contributed by atoms with Crippen molar-refractivity contribution < 1.29 is 23.0 Å². The van der Waals surface area contributed by atoms with Crippen LogP contribution in [0, 0.1) is 11.6 Å². The Balaban J connectivity index is 1.98. The minimum Gasteiger partial charge on any atom is -0.493 e. The topological polar surface area (TPSA) is 38.8 Å². The number of hydrogen-bond acceptors (Lipinski definition) is 4. The molecule has 1 amide bonds. The van der Waals surface area contributed by atoms with Gasteiger partial charge in [-0.1, -0.05) is 18.2 Å². The molecule has 4 nitrogen and oxygen atoms in total. The summed E-state index contributed by atoms with van der Waals surface area (Å²) in [4.78, 5) is 13.8. The number of carbonyl (C=O) groups excluding carboxylic acids is 1. The Morgan fingerprint density at radius 1 is 1.12 bits per heavy atom. The number of halogens is 2. The fraction of sp³-hybridized carbons (Fsp3) is 0.278. The van der Waals surface area contributed by atoms with E-state index in [2.05, 4.69) is 0 Å². The normalized spacial score (nSPS) is 17.0. The lowest BCUT2D eigenvalue weighted by atomic mass is 10.1. The number of carbonyl (C=O) groups is 1. The quantitative estimate of drug-likeness (QED) is 0.809. The molecule has 0 aliphatic carbocycles. The number of thioether (sulfide) groups is 1. The third kappa shape index (κ3) is 3.28. The highest BCUT2D eigenvalue weighted by molar-refractivity contribution is 8.00. The second-order valence-corrected chi connectivity index (χ2v) is 6.54. The maximum absolute atomic E-state index is 14.0. The Morgan fingerprint density at radius 2 is 1.80 bits per heavy atom. The summed E-state index contributed by atoms with van der Waals surface area (Å²) in [5.74, 6) is -0.223. The average molecular weight is 365 g/mol. The average Bonchev–Trinajstić information content (AvgIpc) is 2.97. The molecule has 25 heavy (non-hydrogen) atoms. The van der Waals surface area contributed by atoms with E-state index in [1.807, 2.05) is 6.07 Å². The number of para-hydroxylation sites is 1. The van der Waals surface area contributed by atoms with E-state index in [9.17, 15) is 13.6 Å². The third-order valence-corrected chi connectivity index (χ3v) is 5.30. The van der Waals surface area contributed by atoms with E-state index < -0.39 is 17.0 Å². The van der Waals surface area contributed by atoms with E-state index in [0.29, 0.717) is 11.5 Å². The second kappa shape index (κ2) is 7.31. The van der Waals surface area contributed by atoms with Gasteiger partial charge in [-0.2, -0.15) is 0 Å². The van der Waals surface area contributed by atoms with Crippen LogP contribution in [-0.2, 0) is 11.3 Å². The van der Waals surface area contributed by atoms with Crippen LogP contribution in [-0.4, -0.2) is 30.8 Å². The Kier molecular flexibility index (Phi) is 5.13. The van der Waals surface area contributed by atoms with Crippen LogP contribution in [0.4, 0.5) is 8.78 Å². The lowest BCUT2D eigenvalue weighted by Gasteiger charge is -2.26. The van der Waals surface area contributed by atoms with Crippen molar-refractivity contribution in [1.82, 2.24) is 4.90 Å². The summed E-state index contributed by atoms with van der Waals surface area (Å²) >= 11 is 1.39. The van der Waals surface area contributed by atoms with Gasteiger partial charge in [0.05, 0.1) is 26.5 Å². The van der Waals surface area contributed by atoms with Gasteiger partial charge in [0.15, 0.2) is 11.5 Å². The first-order valence-electron chi connectivity index (χ1n) is 7.61. The van der Waals surface area contributed by atoms with E-state index in [1.165, 1.54) is 49.1 Å². The highest BCUT2D eigenvalue weighted by atomic mass is 32.2. The van der Waals surface area contributed by atoms with Gasteiger partial charge in [0.1, 0.15) is 17.0 Å². The highest BCUT2D eigenvalue weighted by Crippen LogP contribution is 2.46. The number of nitrogens with zero attached hydrogens (tertiary/aromatic N) is 1. The largest absolute Gasteiger partial charge is 0.493 e. The molecule has 2 aromatic rings. The lowest BCUT2D eigenvalue weighted by molar-refractivity contribution is -0.128. The molecular weight excluding hydrogens is 348 g/mol. The Hall–Kier alpha value is -2.28. The van der Waals surface area contributed by atoms with Crippen molar-refractivity contribution in [2.75, 3.05) is 20.0 Å². The molecule has 3 rings (SSSR count). The zero-order valence-electron chi connectivity index (χ0n) is 13.8. The first kappa shape index (κ1) is 17.5. The van der Waals surface area contributed by atoms with Crippen LogP contribution in [0.3, 0.4) is 0 Å². The monoisotopic (exact) mass is 365 g/mol. The molecule has 1 atom stereocenters. The number of ether oxygens (including phenoxy) is 2. The number of rotatable bonds is 5. The van der Waals surface area contributed by atoms with Gasteiger partial charge in [-0.3, -0.25) is 4.79 Å². The predicted octanol–water partition coefficient (Wildman–Crippen LogP) is 3.76. The van der Waals surface area contributed by atoms with E-state index in [0.717, 1.165) is 5.56 Å². The minimum atomic E-state index is -0.666. The van der Waals surface area contributed by atoms with Gasteiger partial charge < -0.3 is 14.4 Å². The SMILES string of the molecule is COc1cccc(C2SCC(=O)N2Cc2c(F)cccc2F)c1OC. The predicted molar refractivity (Wildman–Crippen MR) is 91.7 cm³/mol. The second-order valence-electron chi connectivity index (χ2n) is 5.47. The molecule has 2 aromatic carbocycles. The molecule has 0 radical (unpaired) electrons. The molecule has 132 valence electrons. The van der Waals surface area contributed by atoms with Gasteiger partial charge >= 0.3 is 0 Å². The summed E-state index contributed by atoms with van der Waals surface area (Å²) in [6, 6.07) is 9.05. The lowest BCUT2D eigenvalue weighted by Crippen LogP contribution is -2.28. The molecule has 1 aliphatic rings. The minimum absolute atomic E-state index is 0.120. The molecule has 1 fully saturated rings. The highest BCUT2D eigenvalue weighted by Gasteiger charge is 2.36. The van der Waals surface area contributed by atoms with Crippen molar-refractivity contribution in [3.8, 4) is 11.5 Å². The molecule has 1 saturated heterocycles. The van der Waals surface area contributed by atoms with Gasteiger partial charge in [0.2, 0.25) is 5.91 Å². The smallest absolute Gasteiger partial charge is 0.234 e. The summed E-state index contributed by atoms with van der Waals surface area (Å²) in [5.41, 5.74) is 0.611. The molecule has 1 heterocycles. The van der Waals surface area contributed by atoms with Gasteiger partial charge in [-0.25, -0.2) is 8.78 Å². The summed E-state index contributed by atoms with van der Waals surface area (Å²) in [5, 5.41) is -0.406. The molecule has 0 aromatic heterocycles. The molecule has 1 unspecified atom stereocenters. The fourth-order valence-corrected chi connectivity index (χ4v) is 4.05. The molecule has 1 aliphatic heterocycles. The zero-order valence-corrected chi connectivity index (χ0v) is 14.6. The zero-order chi connectivity index (χ0) is 18.0. The molecule has 7 heteroatoms. The number of methoxy groups -OCH3 is 2. The number of benzene rings is 2. The van der Waals surface area contributed by atoms with Crippen LogP contribution < -0.4 is 9.47 Å². The van der Waals surface area contributed by atoms with Crippen molar-refractivity contribution >= 4 is 17.7 Å². The summed E-state index contributed by atoms with van der Waals surface area (Å²) in [7, 11) is 3.05. The summed E-state index contributed by atoms with van der Waals surface area (Å²) in [6.45, 7) is -0.143.